The molecule has 0 unspecified atom stereocenters. The van der Waals surface area contributed by atoms with Crippen LogP contribution in [0.1, 0.15) is 0 Å². The lowest BCUT2D eigenvalue weighted by molar-refractivity contribution is -0.352. The number of rotatable bonds is 5. The highest BCUT2D eigenvalue weighted by Gasteiger charge is 2.13. The van der Waals surface area contributed by atoms with Gasteiger partial charge in [0.05, 0.1) is 6.61 Å². The molecule has 0 amide bonds. The lowest BCUT2D eigenvalue weighted by atomic mass is 10.1. The molecule has 0 spiro atoms. The van der Waals surface area contributed by atoms with E-state index >= 15 is 0 Å². The molecule has 0 saturated carbocycles. The molecule has 1 aromatic carbocycles. The van der Waals surface area contributed by atoms with Crippen LogP contribution >= 0.6 is 0 Å². The van der Waals surface area contributed by atoms with E-state index in [1.165, 1.54) is 0 Å². The number of H-pyrrole nitrogens is 2. The molecule has 6 heteroatoms. The molecule has 0 radical (unpaired) electrons. The maximum Gasteiger partial charge on any atom is 0.289 e. The highest BCUT2D eigenvalue weighted by molar-refractivity contribution is 5.84. The van der Waals surface area contributed by atoms with E-state index in [2.05, 4.69) is 19.9 Å². The predicted octanol–water partition coefficient (Wildman–Crippen LogP) is 1.46. The van der Waals surface area contributed by atoms with Gasteiger partial charge in [-0.05, 0) is 24.3 Å². The van der Waals surface area contributed by atoms with E-state index in [0.29, 0.717) is 13.2 Å². The molecule has 102 valence electrons. The van der Waals surface area contributed by atoms with Crippen molar-refractivity contribution in [2.24, 2.45) is 0 Å². The molecule has 0 aliphatic rings. The first-order valence-corrected chi connectivity index (χ1v) is 6.30. The van der Waals surface area contributed by atoms with Crippen LogP contribution in [0.5, 0.6) is 5.75 Å². The molecule has 0 atom stereocenters. The number of hydrogen-bond donors (Lipinski definition) is 1. The van der Waals surface area contributed by atoms with E-state index in [0.717, 1.165) is 28.2 Å². The monoisotopic (exact) mass is 271 g/mol. The summed E-state index contributed by atoms with van der Waals surface area (Å²) in [7, 11) is 1.65. The predicted molar refractivity (Wildman–Crippen MR) is 73.3 cm³/mol. The molecule has 0 aliphatic heterocycles. The second kappa shape index (κ2) is 5.66. The van der Waals surface area contributed by atoms with Gasteiger partial charge in [0.1, 0.15) is 12.4 Å². The average Bonchev–Trinajstić information content (AvgIpc) is 2.97. The first-order chi connectivity index (χ1) is 9.88. The van der Waals surface area contributed by atoms with Gasteiger partial charge in [-0.2, -0.15) is 0 Å². The smallest absolute Gasteiger partial charge is 0.289 e. The molecule has 0 saturated heterocycles. The largest absolute Gasteiger partial charge is 0.491 e. The number of nitrogens with zero attached hydrogens (tertiary/aromatic N) is 2. The SMILES string of the molecule is COCCOc1ccc(-c2nc[nH+]c3nc[nH]c23)cc1. The van der Waals surface area contributed by atoms with Crippen molar-refractivity contribution < 1.29 is 14.5 Å². The standard InChI is InChI=1S/C14H14N4O2/c1-19-6-7-20-11-4-2-10(3-5-11)12-13-14(17-8-15-12)18-9-16-13/h2-5,8-9H,6-7H2,1H3,(H,15,16,17,18)/p+1. The summed E-state index contributed by atoms with van der Waals surface area (Å²) in [6.45, 7) is 1.12. The van der Waals surface area contributed by atoms with Crippen molar-refractivity contribution in [1.29, 1.82) is 0 Å². The van der Waals surface area contributed by atoms with Crippen LogP contribution in [0, 0.1) is 0 Å². The van der Waals surface area contributed by atoms with Gasteiger partial charge in [-0.15, -0.1) is 4.98 Å². The topological polar surface area (TPSA) is 74.2 Å². The molecular weight excluding hydrogens is 256 g/mol. The number of ether oxygens (including phenoxy) is 2. The number of imidazole rings is 1. The number of aromatic nitrogens is 4. The number of methoxy groups -OCH3 is 1. The van der Waals surface area contributed by atoms with Crippen molar-refractivity contribution in [2.45, 2.75) is 0 Å². The summed E-state index contributed by atoms with van der Waals surface area (Å²) < 4.78 is 10.5. The summed E-state index contributed by atoms with van der Waals surface area (Å²) in [6.07, 6.45) is 3.29. The maximum atomic E-state index is 5.54. The Morgan fingerprint density at radius 2 is 2.00 bits per heavy atom. The van der Waals surface area contributed by atoms with Crippen molar-refractivity contribution in [3.8, 4) is 17.0 Å². The molecule has 3 rings (SSSR count). The zero-order chi connectivity index (χ0) is 13.8. The normalized spacial score (nSPS) is 10.8. The molecule has 20 heavy (non-hydrogen) atoms. The van der Waals surface area contributed by atoms with E-state index in [4.69, 9.17) is 9.47 Å². The molecule has 0 fully saturated rings. The summed E-state index contributed by atoms with van der Waals surface area (Å²) in [5.74, 6) is 0.814. The van der Waals surface area contributed by atoms with Crippen LogP contribution in [0.15, 0.2) is 36.9 Å². The quantitative estimate of drug-likeness (QED) is 0.713. The van der Waals surface area contributed by atoms with Gasteiger partial charge < -0.3 is 14.5 Å². The van der Waals surface area contributed by atoms with Gasteiger partial charge in [0.15, 0.2) is 17.5 Å². The van der Waals surface area contributed by atoms with Crippen molar-refractivity contribution >= 4 is 11.2 Å². The highest BCUT2D eigenvalue weighted by atomic mass is 16.5. The summed E-state index contributed by atoms with van der Waals surface area (Å²) in [5, 5.41) is 0. The number of fused-ring (bicyclic) bond motifs is 1. The third-order valence-corrected chi connectivity index (χ3v) is 2.96. The number of aromatic amines is 2. The minimum Gasteiger partial charge on any atom is -0.491 e. The number of hydrogen-bond acceptors (Lipinski definition) is 4. The van der Waals surface area contributed by atoms with Gasteiger partial charge in [0, 0.05) is 12.7 Å². The Bertz CT molecular complexity index is 694. The molecule has 6 nitrogen and oxygen atoms in total. The van der Waals surface area contributed by atoms with Crippen molar-refractivity contribution in [3.05, 3.63) is 36.9 Å². The fraction of sp³-hybridized carbons (Fsp3) is 0.214. The minimum absolute atomic E-state index is 0.541. The van der Waals surface area contributed by atoms with Gasteiger partial charge in [-0.1, -0.05) is 4.98 Å². The van der Waals surface area contributed by atoms with Crippen molar-refractivity contribution in [1.82, 2.24) is 15.0 Å². The Kier molecular flexibility index (Phi) is 3.56. The zero-order valence-electron chi connectivity index (χ0n) is 11.1. The first-order valence-electron chi connectivity index (χ1n) is 6.30. The van der Waals surface area contributed by atoms with Gasteiger partial charge in [0.2, 0.25) is 6.33 Å². The van der Waals surface area contributed by atoms with Gasteiger partial charge in [0.25, 0.3) is 5.65 Å². The summed E-state index contributed by atoms with van der Waals surface area (Å²) in [4.78, 5) is 14.6. The third kappa shape index (κ3) is 2.46. The van der Waals surface area contributed by atoms with Gasteiger partial charge >= 0.3 is 0 Å². The van der Waals surface area contributed by atoms with Crippen LogP contribution in [0.3, 0.4) is 0 Å². The van der Waals surface area contributed by atoms with Crippen LogP contribution in [0.4, 0.5) is 0 Å². The van der Waals surface area contributed by atoms with Crippen LogP contribution in [0.25, 0.3) is 22.4 Å². The first kappa shape index (κ1) is 12.6. The van der Waals surface area contributed by atoms with Gasteiger partial charge in [-0.3, -0.25) is 0 Å². The Morgan fingerprint density at radius 1 is 1.15 bits per heavy atom. The molecular formula is C14H15N4O2+. The van der Waals surface area contributed by atoms with Crippen LogP contribution in [-0.2, 0) is 4.74 Å². The van der Waals surface area contributed by atoms with Crippen LogP contribution in [-0.4, -0.2) is 35.3 Å². The maximum absolute atomic E-state index is 5.54. The third-order valence-electron chi connectivity index (χ3n) is 2.96. The molecule has 0 aliphatic carbocycles. The summed E-state index contributed by atoms with van der Waals surface area (Å²) >= 11 is 0. The van der Waals surface area contributed by atoms with E-state index < -0.39 is 0 Å². The Morgan fingerprint density at radius 3 is 2.80 bits per heavy atom. The van der Waals surface area contributed by atoms with Crippen LogP contribution in [0.2, 0.25) is 0 Å². The average molecular weight is 271 g/mol. The fourth-order valence-corrected chi connectivity index (χ4v) is 1.98. The fourth-order valence-electron chi connectivity index (χ4n) is 1.98. The van der Waals surface area contributed by atoms with E-state index in [-0.39, 0.29) is 0 Å². The highest BCUT2D eigenvalue weighted by Crippen LogP contribution is 2.24. The lowest BCUT2D eigenvalue weighted by Gasteiger charge is -2.05. The van der Waals surface area contributed by atoms with E-state index in [9.17, 15) is 0 Å². The number of benzene rings is 1. The molecule has 0 bridgehead atoms. The minimum atomic E-state index is 0.541. The molecule has 2 N–H and O–H groups in total. The second-order valence-corrected chi connectivity index (χ2v) is 4.24. The van der Waals surface area contributed by atoms with Crippen molar-refractivity contribution in [3.63, 3.8) is 0 Å². The molecule has 3 aromatic rings. The second-order valence-electron chi connectivity index (χ2n) is 4.24. The zero-order valence-corrected chi connectivity index (χ0v) is 11.1. The Balaban J connectivity index is 1.85. The van der Waals surface area contributed by atoms with E-state index in [1.54, 1.807) is 19.8 Å². The molecule has 2 aromatic heterocycles. The van der Waals surface area contributed by atoms with Crippen LogP contribution < -0.4 is 9.72 Å². The Labute approximate surface area is 115 Å². The molecule has 2 heterocycles. The van der Waals surface area contributed by atoms with Crippen molar-refractivity contribution in [2.75, 3.05) is 20.3 Å². The lowest BCUT2D eigenvalue weighted by Crippen LogP contribution is -2.05. The van der Waals surface area contributed by atoms with Gasteiger partial charge in [-0.25, -0.2) is 4.98 Å². The Hall–Kier alpha value is -2.47. The number of nitrogens with one attached hydrogen (secondary N) is 2. The summed E-state index contributed by atoms with van der Waals surface area (Å²) in [5.41, 5.74) is 3.54. The van der Waals surface area contributed by atoms with E-state index in [1.807, 2.05) is 24.3 Å². The summed E-state index contributed by atoms with van der Waals surface area (Å²) in [6, 6.07) is 7.80.